The molecule has 0 spiro atoms. The van der Waals surface area contributed by atoms with Crippen molar-refractivity contribution >= 4 is 20.3 Å². The van der Waals surface area contributed by atoms with Gasteiger partial charge in [0.2, 0.25) is 0 Å². The Labute approximate surface area is 112 Å². The molecular formula is C15H24GaN. The summed E-state index contributed by atoms with van der Waals surface area (Å²) in [5.74, 6) is 0. The molecule has 0 radical (unpaired) electrons. The maximum absolute atomic E-state index is 2.40. The standard InChI is InChI=1S/C7H14N.C6H5.C2H5.Ga/c1-4-7-8(5-2)6-3;1-2-4-6-5-3-1;1-2;/h4,7H,1,5-6H2,2-3H3;1-5H;1H2,2H3;. The van der Waals surface area contributed by atoms with Crippen LogP contribution in [-0.4, -0.2) is 34.2 Å². The average molecular weight is 288 g/mol. The van der Waals surface area contributed by atoms with Gasteiger partial charge in [0, 0.05) is 0 Å². The molecule has 92 valence electrons. The third kappa shape index (κ3) is 5.05. The number of benzene rings is 1. The second kappa shape index (κ2) is 8.48. The fraction of sp³-hybridized carbons (Fsp3) is 0.467. The van der Waals surface area contributed by atoms with E-state index < -0.39 is 16.2 Å². The van der Waals surface area contributed by atoms with E-state index in [1.54, 1.807) is 4.12 Å². The Kier molecular flexibility index (Phi) is 7.21. The van der Waals surface area contributed by atoms with Gasteiger partial charge in [0.05, 0.1) is 0 Å². The molecule has 17 heavy (non-hydrogen) atoms. The van der Waals surface area contributed by atoms with Crippen molar-refractivity contribution in [2.75, 3.05) is 13.1 Å². The first-order chi connectivity index (χ1) is 8.31. The van der Waals surface area contributed by atoms with Gasteiger partial charge in [-0.2, -0.15) is 0 Å². The van der Waals surface area contributed by atoms with Gasteiger partial charge in [-0.15, -0.1) is 0 Å². The first kappa shape index (κ1) is 14.5. The minimum absolute atomic E-state index is 1.11. The van der Waals surface area contributed by atoms with Crippen LogP contribution in [0, 0.1) is 0 Å². The molecule has 0 saturated carbocycles. The van der Waals surface area contributed by atoms with Crippen molar-refractivity contribution in [1.29, 1.82) is 0 Å². The monoisotopic (exact) mass is 287 g/mol. The van der Waals surface area contributed by atoms with Gasteiger partial charge in [0.15, 0.2) is 0 Å². The van der Waals surface area contributed by atoms with Crippen molar-refractivity contribution in [3.05, 3.63) is 42.6 Å². The Balaban J connectivity index is 2.54. The molecule has 0 aromatic heterocycles. The van der Waals surface area contributed by atoms with Crippen molar-refractivity contribution in [3.8, 4) is 0 Å². The van der Waals surface area contributed by atoms with Gasteiger partial charge >= 0.3 is 112 Å². The Morgan fingerprint density at radius 3 is 2.24 bits per heavy atom. The third-order valence-electron chi connectivity index (χ3n) is 3.31. The molecule has 0 aliphatic carbocycles. The quantitative estimate of drug-likeness (QED) is 0.696. The summed E-state index contributed by atoms with van der Waals surface area (Å²) in [7, 11) is 0. The number of nitrogens with zero attached hydrogens (tertiary/aromatic N) is 1. The van der Waals surface area contributed by atoms with Gasteiger partial charge in [0.1, 0.15) is 0 Å². The van der Waals surface area contributed by atoms with Gasteiger partial charge in [0.25, 0.3) is 0 Å². The molecule has 0 atom stereocenters. The van der Waals surface area contributed by atoms with E-state index in [4.69, 9.17) is 0 Å². The van der Waals surface area contributed by atoms with E-state index in [0.717, 1.165) is 13.1 Å². The maximum atomic E-state index is 2.40. The van der Waals surface area contributed by atoms with E-state index in [9.17, 15) is 0 Å². The fourth-order valence-corrected chi connectivity index (χ4v) is 6.88. The van der Waals surface area contributed by atoms with Crippen LogP contribution in [-0.2, 0) is 0 Å². The van der Waals surface area contributed by atoms with Gasteiger partial charge in [-0.25, -0.2) is 0 Å². The third-order valence-corrected chi connectivity index (χ3v) is 9.93. The molecule has 0 bridgehead atoms. The molecule has 0 N–H and O–H groups in total. The van der Waals surface area contributed by atoms with Crippen LogP contribution in [0.2, 0.25) is 9.95 Å². The van der Waals surface area contributed by atoms with Crippen molar-refractivity contribution in [1.82, 2.24) is 4.90 Å². The van der Waals surface area contributed by atoms with Gasteiger partial charge < -0.3 is 0 Å². The van der Waals surface area contributed by atoms with Crippen molar-refractivity contribution in [2.24, 2.45) is 0 Å². The fourth-order valence-electron chi connectivity index (χ4n) is 2.07. The Morgan fingerprint density at radius 2 is 1.71 bits per heavy atom. The Morgan fingerprint density at radius 1 is 1.06 bits per heavy atom. The molecule has 0 aliphatic rings. The number of rotatable bonds is 7. The summed E-state index contributed by atoms with van der Waals surface area (Å²) in [6.45, 7) is 9.00. The second-order valence-corrected chi connectivity index (χ2v) is 11.4. The number of allylic oxidation sites excluding steroid dienone is 1. The molecule has 1 nitrogen and oxygen atoms in total. The molecule has 1 aromatic carbocycles. The molecule has 1 rings (SSSR count). The van der Waals surface area contributed by atoms with Crippen LogP contribution in [0.4, 0.5) is 0 Å². The van der Waals surface area contributed by atoms with E-state index in [1.165, 1.54) is 9.95 Å². The molecule has 0 amide bonds. The van der Waals surface area contributed by atoms with Crippen LogP contribution < -0.4 is 4.12 Å². The van der Waals surface area contributed by atoms with Crippen molar-refractivity contribution < 1.29 is 0 Å². The zero-order valence-corrected chi connectivity index (χ0v) is 13.8. The van der Waals surface area contributed by atoms with Crippen molar-refractivity contribution in [3.63, 3.8) is 0 Å². The minimum atomic E-state index is -1.26. The predicted molar refractivity (Wildman–Crippen MR) is 79.2 cm³/mol. The van der Waals surface area contributed by atoms with E-state index >= 15 is 0 Å². The summed E-state index contributed by atoms with van der Waals surface area (Å²) >= 11 is -1.26. The summed E-state index contributed by atoms with van der Waals surface area (Å²) in [6.07, 6.45) is 4.69. The van der Waals surface area contributed by atoms with E-state index in [0.29, 0.717) is 0 Å². The van der Waals surface area contributed by atoms with Gasteiger partial charge in [-0.3, -0.25) is 0 Å². The summed E-state index contributed by atoms with van der Waals surface area (Å²) in [6, 6.07) is 11.1. The second-order valence-electron chi connectivity index (χ2n) is 4.36. The molecule has 0 saturated heterocycles. The first-order valence-corrected chi connectivity index (χ1v) is 11.4. The molecule has 0 heterocycles. The summed E-state index contributed by atoms with van der Waals surface area (Å²) in [5.41, 5.74) is 0. The summed E-state index contributed by atoms with van der Waals surface area (Å²) in [5, 5.41) is 0. The van der Waals surface area contributed by atoms with E-state index in [1.807, 2.05) is 0 Å². The van der Waals surface area contributed by atoms with Crippen molar-refractivity contribution in [2.45, 2.75) is 30.7 Å². The molecular weight excluding hydrogens is 264 g/mol. The normalized spacial score (nSPS) is 10.8. The molecule has 2 heteroatoms. The molecule has 0 fully saturated rings. The SMILES string of the molecule is CCN(C=C[CH2][Ga]([CH2]C)[c]1ccccc1)CC. The number of hydrogen-bond donors (Lipinski definition) is 0. The summed E-state index contributed by atoms with van der Waals surface area (Å²) < 4.78 is 1.65. The number of hydrogen-bond acceptors (Lipinski definition) is 1. The van der Waals surface area contributed by atoms with Gasteiger partial charge in [-0.1, -0.05) is 0 Å². The summed E-state index contributed by atoms with van der Waals surface area (Å²) in [4.78, 5) is 5.07. The zero-order chi connectivity index (χ0) is 12.5. The van der Waals surface area contributed by atoms with E-state index in [2.05, 4.69) is 68.3 Å². The predicted octanol–water partition coefficient (Wildman–Crippen LogP) is 3.26. The Bertz CT molecular complexity index is 317. The first-order valence-electron chi connectivity index (χ1n) is 6.77. The van der Waals surface area contributed by atoms with Crippen LogP contribution in [0.1, 0.15) is 20.8 Å². The Hall–Kier alpha value is -0.604. The van der Waals surface area contributed by atoms with Gasteiger partial charge in [-0.05, 0) is 0 Å². The van der Waals surface area contributed by atoms with Crippen LogP contribution >= 0.6 is 0 Å². The topological polar surface area (TPSA) is 3.24 Å². The zero-order valence-electron chi connectivity index (χ0n) is 11.4. The van der Waals surface area contributed by atoms with Crippen LogP contribution in [0.5, 0.6) is 0 Å². The molecule has 0 aliphatic heterocycles. The van der Waals surface area contributed by atoms with Crippen LogP contribution in [0.3, 0.4) is 0 Å². The van der Waals surface area contributed by atoms with Crippen LogP contribution in [0.15, 0.2) is 42.6 Å². The molecule has 0 unspecified atom stereocenters. The average Bonchev–Trinajstić information content (AvgIpc) is 2.40. The van der Waals surface area contributed by atoms with E-state index in [-0.39, 0.29) is 0 Å². The van der Waals surface area contributed by atoms with Crippen LogP contribution in [0.25, 0.3) is 0 Å². The molecule has 1 aromatic rings.